The van der Waals surface area contributed by atoms with Gasteiger partial charge in [-0.25, -0.2) is 4.79 Å². The highest BCUT2D eigenvalue weighted by Crippen LogP contribution is 2.11. The van der Waals surface area contributed by atoms with Gasteiger partial charge < -0.3 is 15.3 Å². The maximum atomic E-state index is 12.5. The predicted molar refractivity (Wildman–Crippen MR) is 98.2 cm³/mol. The Labute approximate surface area is 152 Å². The Balaban J connectivity index is 2.03. The molecule has 2 rings (SSSR count). The highest BCUT2D eigenvalue weighted by molar-refractivity contribution is 5.97. The zero-order valence-corrected chi connectivity index (χ0v) is 15.0. The minimum absolute atomic E-state index is 0.0439. The molecule has 2 amide bonds. The van der Waals surface area contributed by atoms with Gasteiger partial charge in [0.15, 0.2) is 0 Å². The molecule has 6 heteroatoms. The van der Waals surface area contributed by atoms with E-state index in [1.807, 2.05) is 13.8 Å². The summed E-state index contributed by atoms with van der Waals surface area (Å²) in [5.41, 5.74) is 2.02. The Bertz CT molecular complexity index is 796. The number of nitrogens with zero attached hydrogens (tertiary/aromatic N) is 1. The molecule has 0 unspecified atom stereocenters. The van der Waals surface area contributed by atoms with Crippen molar-refractivity contribution in [3.05, 3.63) is 70.8 Å². The molecule has 0 heterocycles. The number of amides is 2. The number of carbonyl (C=O) groups is 3. The van der Waals surface area contributed by atoms with Crippen LogP contribution in [0.5, 0.6) is 0 Å². The minimum Gasteiger partial charge on any atom is -0.478 e. The third-order valence-electron chi connectivity index (χ3n) is 3.78. The molecule has 6 nitrogen and oxygen atoms in total. The molecule has 0 aliphatic carbocycles. The first-order chi connectivity index (χ1) is 12.3. The number of rotatable bonds is 6. The minimum atomic E-state index is -0.984. The zero-order chi connectivity index (χ0) is 19.3. The largest absolute Gasteiger partial charge is 0.478 e. The van der Waals surface area contributed by atoms with E-state index in [1.54, 1.807) is 48.3 Å². The van der Waals surface area contributed by atoms with Gasteiger partial charge in [0, 0.05) is 30.8 Å². The standard InChI is InChI=1S/C20H22N2O4/c1-13(2)21-18(23)15-8-10-16(11-9-15)19(24)22(3)12-14-4-6-17(7-5-14)20(25)26/h4-11,13H,12H2,1-3H3,(H,21,23)(H,25,26). The van der Waals surface area contributed by atoms with Crippen LogP contribution >= 0.6 is 0 Å². The van der Waals surface area contributed by atoms with E-state index < -0.39 is 5.97 Å². The summed E-state index contributed by atoms with van der Waals surface area (Å²) in [5, 5.41) is 11.7. The van der Waals surface area contributed by atoms with E-state index in [2.05, 4.69) is 5.32 Å². The van der Waals surface area contributed by atoms with E-state index in [4.69, 9.17) is 5.11 Å². The lowest BCUT2D eigenvalue weighted by atomic mass is 10.1. The van der Waals surface area contributed by atoms with Crippen molar-refractivity contribution in [2.75, 3.05) is 7.05 Å². The number of carboxylic acid groups (broad SMARTS) is 1. The molecule has 0 spiro atoms. The fraction of sp³-hybridized carbons (Fsp3) is 0.250. The van der Waals surface area contributed by atoms with Crippen LogP contribution in [0.15, 0.2) is 48.5 Å². The molecule has 0 aromatic heterocycles. The van der Waals surface area contributed by atoms with E-state index >= 15 is 0 Å². The molecule has 0 aliphatic heterocycles. The summed E-state index contributed by atoms with van der Waals surface area (Å²) in [4.78, 5) is 36.9. The summed E-state index contributed by atoms with van der Waals surface area (Å²) in [6, 6.07) is 12.9. The summed E-state index contributed by atoms with van der Waals surface area (Å²) >= 11 is 0. The van der Waals surface area contributed by atoms with Gasteiger partial charge in [0.1, 0.15) is 0 Å². The van der Waals surface area contributed by atoms with Crippen LogP contribution in [0.3, 0.4) is 0 Å². The lowest BCUT2D eigenvalue weighted by molar-refractivity contribution is 0.0695. The molecule has 2 aromatic carbocycles. The number of hydrogen-bond acceptors (Lipinski definition) is 3. The van der Waals surface area contributed by atoms with E-state index in [9.17, 15) is 14.4 Å². The Morgan fingerprint density at radius 3 is 1.92 bits per heavy atom. The van der Waals surface area contributed by atoms with Gasteiger partial charge in [0.2, 0.25) is 0 Å². The van der Waals surface area contributed by atoms with Crippen molar-refractivity contribution in [1.29, 1.82) is 0 Å². The maximum absolute atomic E-state index is 12.5. The summed E-state index contributed by atoms with van der Waals surface area (Å²) in [6.45, 7) is 4.12. The number of aromatic carboxylic acids is 1. The fourth-order valence-electron chi connectivity index (χ4n) is 2.43. The van der Waals surface area contributed by atoms with Gasteiger partial charge in [-0.3, -0.25) is 9.59 Å². The van der Waals surface area contributed by atoms with Crippen LogP contribution in [0.2, 0.25) is 0 Å². The first kappa shape index (κ1) is 19.2. The SMILES string of the molecule is CC(C)NC(=O)c1ccc(C(=O)N(C)Cc2ccc(C(=O)O)cc2)cc1. The third-order valence-corrected chi connectivity index (χ3v) is 3.78. The van der Waals surface area contributed by atoms with Gasteiger partial charge in [-0.15, -0.1) is 0 Å². The molecule has 0 saturated carbocycles. The lowest BCUT2D eigenvalue weighted by Gasteiger charge is -2.18. The van der Waals surface area contributed by atoms with Crippen molar-refractivity contribution >= 4 is 17.8 Å². The van der Waals surface area contributed by atoms with Crippen LogP contribution in [0.4, 0.5) is 0 Å². The number of hydrogen-bond donors (Lipinski definition) is 2. The Morgan fingerprint density at radius 2 is 1.42 bits per heavy atom. The summed E-state index contributed by atoms with van der Waals surface area (Å²) < 4.78 is 0. The van der Waals surface area contributed by atoms with Crippen molar-refractivity contribution in [3.63, 3.8) is 0 Å². The number of carboxylic acids is 1. The average Bonchev–Trinajstić information content (AvgIpc) is 2.61. The van der Waals surface area contributed by atoms with Crippen molar-refractivity contribution in [2.45, 2.75) is 26.4 Å². The third kappa shape index (κ3) is 4.92. The topological polar surface area (TPSA) is 86.7 Å². The van der Waals surface area contributed by atoms with Crippen molar-refractivity contribution in [3.8, 4) is 0 Å². The van der Waals surface area contributed by atoms with Crippen LogP contribution in [0.1, 0.15) is 50.5 Å². The Morgan fingerprint density at radius 1 is 0.923 bits per heavy atom. The molecular formula is C20H22N2O4. The van der Waals surface area contributed by atoms with E-state index in [-0.39, 0.29) is 23.4 Å². The van der Waals surface area contributed by atoms with Gasteiger partial charge in [0.25, 0.3) is 11.8 Å². The van der Waals surface area contributed by atoms with Crippen LogP contribution in [-0.4, -0.2) is 40.9 Å². The quantitative estimate of drug-likeness (QED) is 0.835. The van der Waals surface area contributed by atoms with Gasteiger partial charge in [-0.2, -0.15) is 0 Å². The predicted octanol–water partition coefficient (Wildman–Crippen LogP) is 2.80. The number of benzene rings is 2. The van der Waals surface area contributed by atoms with Crippen molar-refractivity contribution < 1.29 is 19.5 Å². The second kappa shape index (κ2) is 8.29. The molecule has 26 heavy (non-hydrogen) atoms. The highest BCUT2D eigenvalue weighted by atomic mass is 16.4. The lowest BCUT2D eigenvalue weighted by Crippen LogP contribution is -2.30. The molecular weight excluding hydrogens is 332 g/mol. The summed E-state index contributed by atoms with van der Waals surface area (Å²) in [7, 11) is 1.67. The smallest absolute Gasteiger partial charge is 0.335 e. The van der Waals surface area contributed by atoms with Crippen LogP contribution < -0.4 is 5.32 Å². The van der Waals surface area contributed by atoms with Gasteiger partial charge >= 0.3 is 5.97 Å². The summed E-state index contributed by atoms with van der Waals surface area (Å²) in [5.74, 6) is -1.34. The van der Waals surface area contributed by atoms with Gasteiger partial charge in [-0.1, -0.05) is 12.1 Å². The van der Waals surface area contributed by atoms with E-state index in [0.717, 1.165) is 5.56 Å². The fourth-order valence-corrected chi connectivity index (χ4v) is 2.43. The van der Waals surface area contributed by atoms with Gasteiger partial charge in [-0.05, 0) is 55.8 Å². The molecule has 0 aliphatic rings. The Kier molecular flexibility index (Phi) is 6.11. The number of nitrogens with one attached hydrogen (secondary N) is 1. The molecule has 0 saturated heterocycles. The highest BCUT2D eigenvalue weighted by Gasteiger charge is 2.14. The zero-order valence-electron chi connectivity index (χ0n) is 15.0. The molecule has 0 atom stereocenters. The van der Waals surface area contributed by atoms with E-state index in [1.165, 1.54) is 12.1 Å². The van der Waals surface area contributed by atoms with Crippen molar-refractivity contribution in [2.24, 2.45) is 0 Å². The Hall–Kier alpha value is -3.15. The molecule has 136 valence electrons. The molecule has 0 radical (unpaired) electrons. The first-order valence-electron chi connectivity index (χ1n) is 8.26. The van der Waals surface area contributed by atoms with Crippen molar-refractivity contribution in [1.82, 2.24) is 10.2 Å². The van der Waals surface area contributed by atoms with Crippen LogP contribution in [0.25, 0.3) is 0 Å². The maximum Gasteiger partial charge on any atom is 0.335 e. The number of carbonyl (C=O) groups excluding carboxylic acids is 2. The molecule has 2 aromatic rings. The van der Waals surface area contributed by atoms with E-state index in [0.29, 0.717) is 17.7 Å². The summed E-state index contributed by atoms with van der Waals surface area (Å²) in [6.07, 6.45) is 0. The molecule has 0 bridgehead atoms. The normalized spacial score (nSPS) is 10.5. The monoisotopic (exact) mass is 354 g/mol. The van der Waals surface area contributed by atoms with Gasteiger partial charge in [0.05, 0.1) is 5.56 Å². The average molecular weight is 354 g/mol. The molecule has 0 fully saturated rings. The first-order valence-corrected chi connectivity index (χ1v) is 8.26. The molecule has 2 N–H and O–H groups in total. The second-order valence-corrected chi connectivity index (χ2v) is 6.37. The van der Waals surface area contributed by atoms with Crippen LogP contribution in [0, 0.1) is 0 Å². The van der Waals surface area contributed by atoms with Crippen LogP contribution in [-0.2, 0) is 6.54 Å². The second-order valence-electron chi connectivity index (χ2n) is 6.37.